The van der Waals surface area contributed by atoms with Gasteiger partial charge in [0.15, 0.2) is 5.82 Å². The average Bonchev–Trinajstić information content (AvgIpc) is 3.26. The van der Waals surface area contributed by atoms with Crippen LogP contribution in [0.2, 0.25) is 0 Å². The second-order valence-corrected chi connectivity index (χ2v) is 6.51. The fourth-order valence-electron chi connectivity index (χ4n) is 2.97. The largest absolute Gasteiger partial charge is 0.460 e. The Labute approximate surface area is 171 Å². The van der Waals surface area contributed by atoms with Gasteiger partial charge in [0.2, 0.25) is 0 Å². The molecule has 0 radical (unpaired) electrons. The van der Waals surface area contributed by atoms with Gasteiger partial charge >= 0.3 is 5.97 Å². The number of nitrogens with zero attached hydrogens (tertiary/aromatic N) is 4. The number of H-pyrrole nitrogens is 1. The van der Waals surface area contributed by atoms with Crippen LogP contribution in [0.3, 0.4) is 0 Å². The number of aromatic nitrogens is 5. The number of methoxy groups -OCH3 is 1. The molecular formula is C19H21FN6O4. The van der Waals surface area contributed by atoms with E-state index in [4.69, 9.17) is 9.47 Å². The van der Waals surface area contributed by atoms with Crippen molar-refractivity contribution in [3.8, 4) is 5.69 Å². The Bertz CT molecular complexity index is 1090. The maximum atomic E-state index is 14.3. The van der Waals surface area contributed by atoms with Gasteiger partial charge in [-0.2, -0.15) is 4.68 Å². The Morgan fingerprint density at radius 3 is 2.67 bits per heavy atom. The van der Waals surface area contributed by atoms with Crippen LogP contribution in [0.1, 0.15) is 37.9 Å². The van der Waals surface area contributed by atoms with Crippen LogP contribution in [0.4, 0.5) is 10.1 Å². The summed E-state index contributed by atoms with van der Waals surface area (Å²) in [5.74, 6) is -1.29. The minimum absolute atomic E-state index is 0.0525. The monoisotopic (exact) mass is 416 g/mol. The van der Waals surface area contributed by atoms with E-state index in [-0.39, 0.29) is 30.2 Å². The highest BCUT2D eigenvalue weighted by molar-refractivity contribution is 6.07. The van der Waals surface area contributed by atoms with E-state index >= 15 is 0 Å². The van der Waals surface area contributed by atoms with Crippen molar-refractivity contribution in [3.05, 3.63) is 52.4 Å². The molecule has 158 valence electrons. The van der Waals surface area contributed by atoms with Gasteiger partial charge in [0.25, 0.3) is 5.91 Å². The predicted molar refractivity (Wildman–Crippen MR) is 104 cm³/mol. The first-order chi connectivity index (χ1) is 14.3. The molecule has 0 unspecified atom stereocenters. The summed E-state index contributed by atoms with van der Waals surface area (Å²) < 4.78 is 25.7. The molecule has 2 heterocycles. The predicted octanol–water partition coefficient (Wildman–Crippen LogP) is 2.11. The van der Waals surface area contributed by atoms with Crippen LogP contribution in [0, 0.1) is 26.6 Å². The zero-order valence-electron chi connectivity index (χ0n) is 16.9. The number of nitrogens with one attached hydrogen (secondary N) is 2. The fraction of sp³-hybridized carbons (Fsp3) is 0.316. The molecule has 0 saturated heterocycles. The van der Waals surface area contributed by atoms with Crippen molar-refractivity contribution >= 4 is 17.6 Å². The molecule has 3 rings (SSSR count). The normalized spacial score (nSPS) is 10.8. The van der Waals surface area contributed by atoms with Crippen LogP contribution in [-0.2, 0) is 9.47 Å². The minimum Gasteiger partial charge on any atom is -0.460 e. The SMILES string of the molecule is COCCOC(=O)c1c(C)[nH]c(C(=O)Nc2cc(-n3nnnc3C)ccc2F)c1C. The summed E-state index contributed by atoms with van der Waals surface area (Å²) in [5, 5.41) is 13.7. The number of benzene rings is 1. The maximum Gasteiger partial charge on any atom is 0.340 e. The van der Waals surface area contributed by atoms with Gasteiger partial charge in [-0.25, -0.2) is 9.18 Å². The van der Waals surface area contributed by atoms with Crippen LogP contribution in [0.5, 0.6) is 0 Å². The Hall–Kier alpha value is -3.60. The van der Waals surface area contributed by atoms with Gasteiger partial charge in [0, 0.05) is 12.8 Å². The molecule has 3 aromatic rings. The van der Waals surface area contributed by atoms with Crippen LogP contribution in [0.25, 0.3) is 5.69 Å². The summed E-state index contributed by atoms with van der Waals surface area (Å²) in [6.45, 7) is 5.31. The van der Waals surface area contributed by atoms with E-state index in [0.717, 1.165) is 0 Å². The van der Waals surface area contributed by atoms with Crippen molar-refractivity contribution in [1.82, 2.24) is 25.2 Å². The molecule has 0 atom stereocenters. The van der Waals surface area contributed by atoms with Crippen molar-refractivity contribution in [2.24, 2.45) is 0 Å². The molecule has 2 aromatic heterocycles. The second-order valence-electron chi connectivity index (χ2n) is 6.51. The lowest BCUT2D eigenvalue weighted by atomic mass is 10.1. The third-order valence-corrected chi connectivity index (χ3v) is 4.46. The van der Waals surface area contributed by atoms with Crippen molar-refractivity contribution in [2.75, 3.05) is 25.6 Å². The summed E-state index contributed by atoms with van der Waals surface area (Å²) in [4.78, 5) is 27.9. The summed E-state index contributed by atoms with van der Waals surface area (Å²) in [6, 6.07) is 4.12. The van der Waals surface area contributed by atoms with Crippen LogP contribution >= 0.6 is 0 Å². The Balaban J connectivity index is 1.84. The van der Waals surface area contributed by atoms with E-state index in [2.05, 4.69) is 25.8 Å². The van der Waals surface area contributed by atoms with Crippen LogP contribution in [0.15, 0.2) is 18.2 Å². The first-order valence-electron chi connectivity index (χ1n) is 9.05. The molecule has 0 aliphatic carbocycles. The molecular weight excluding hydrogens is 395 g/mol. The fourth-order valence-corrected chi connectivity index (χ4v) is 2.97. The number of anilines is 1. The summed E-state index contributed by atoms with van der Waals surface area (Å²) in [7, 11) is 1.50. The Kier molecular flexibility index (Phi) is 6.21. The van der Waals surface area contributed by atoms with E-state index in [1.807, 2.05) is 0 Å². The number of tetrazole rings is 1. The highest BCUT2D eigenvalue weighted by Crippen LogP contribution is 2.23. The van der Waals surface area contributed by atoms with Gasteiger partial charge in [-0.15, -0.1) is 5.10 Å². The third kappa shape index (κ3) is 4.20. The van der Waals surface area contributed by atoms with Crippen molar-refractivity contribution in [3.63, 3.8) is 0 Å². The van der Waals surface area contributed by atoms with Crippen molar-refractivity contribution < 1.29 is 23.5 Å². The molecule has 2 N–H and O–H groups in total. The van der Waals surface area contributed by atoms with Crippen LogP contribution < -0.4 is 5.32 Å². The molecule has 0 saturated carbocycles. The summed E-state index contributed by atoms with van der Waals surface area (Å²) in [5.41, 5.74) is 1.70. The zero-order chi connectivity index (χ0) is 21.8. The lowest BCUT2D eigenvalue weighted by molar-refractivity contribution is 0.0387. The molecule has 1 amide bonds. The lowest BCUT2D eigenvalue weighted by Crippen LogP contribution is -2.16. The number of carbonyl (C=O) groups excluding carboxylic acids is 2. The molecule has 0 aliphatic rings. The number of ether oxygens (including phenoxy) is 2. The summed E-state index contributed by atoms with van der Waals surface area (Å²) in [6.07, 6.45) is 0. The first-order valence-corrected chi connectivity index (χ1v) is 9.05. The van der Waals surface area contributed by atoms with Crippen molar-refractivity contribution in [1.29, 1.82) is 0 Å². The molecule has 0 fully saturated rings. The van der Waals surface area contributed by atoms with Gasteiger partial charge < -0.3 is 19.8 Å². The molecule has 10 nitrogen and oxygen atoms in total. The minimum atomic E-state index is -0.627. The highest BCUT2D eigenvalue weighted by Gasteiger charge is 2.23. The van der Waals surface area contributed by atoms with E-state index < -0.39 is 17.7 Å². The quantitative estimate of drug-likeness (QED) is 0.446. The number of hydrogen-bond donors (Lipinski definition) is 2. The first kappa shape index (κ1) is 21.1. The highest BCUT2D eigenvalue weighted by atomic mass is 19.1. The number of esters is 1. The lowest BCUT2D eigenvalue weighted by Gasteiger charge is -2.09. The number of aromatic amines is 1. The molecule has 11 heteroatoms. The number of rotatable bonds is 7. The van der Waals surface area contributed by atoms with E-state index in [0.29, 0.717) is 22.8 Å². The van der Waals surface area contributed by atoms with E-state index in [9.17, 15) is 14.0 Å². The maximum absolute atomic E-state index is 14.3. The topological polar surface area (TPSA) is 124 Å². The van der Waals surface area contributed by atoms with Gasteiger partial charge in [-0.1, -0.05) is 0 Å². The van der Waals surface area contributed by atoms with E-state index in [1.54, 1.807) is 20.8 Å². The van der Waals surface area contributed by atoms with E-state index in [1.165, 1.54) is 30.0 Å². The number of amides is 1. The second kappa shape index (κ2) is 8.82. The van der Waals surface area contributed by atoms with Gasteiger partial charge in [0.05, 0.1) is 23.5 Å². The van der Waals surface area contributed by atoms with Gasteiger partial charge in [0.1, 0.15) is 18.1 Å². The molecule has 0 bridgehead atoms. The molecule has 30 heavy (non-hydrogen) atoms. The number of carbonyl (C=O) groups is 2. The summed E-state index contributed by atoms with van der Waals surface area (Å²) >= 11 is 0. The number of aryl methyl sites for hydroxylation is 2. The van der Waals surface area contributed by atoms with Crippen molar-refractivity contribution in [2.45, 2.75) is 20.8 Å². The molecule has 0 aliphatic heterocycles. The van der Waals surface area contributed by atoms with Crippen LogP contribution in [-0.4, -0.2) is 57.4 Å². The Morgan fingerprint density at radius 1 is 1.23 bits per heavy atom. The number of hydrogen-bond acceptors (Lipinski definition) is 7. The smallest absolute Gasteiger partial charge is 0.340 e. The molecule has 1 aromatic carbocycles. The number of halogens is 1. The third-order valence-electron chi connectivity index (χ3n) is 4.46. The van der Waals surface area contributed by atoms with Gasteiger partial charge in [-0.05, 0) is 55.0 Å². The average molecular weight is 416 g/mol. The standard InChI is InChI=1S/C19H21FN6O4/c1-10-16(19(28)30-8-7-29-4)11(2)21-17(10)18(27)22-15-9-13(5-6-14(15)20)26-12(3)23-24-25-26/h5-6,9,21H,7-8H2,1-4H3,(H,22,27). The van der Waals surface area contributed by atoms with Gasteiger partial charge in [-0.3, -0.25) is 4.79 Å². The Morgan fingerprint density at radius 2 is 2.00 bits per heavy atom. The molecule has 0 spiro atoms. The zero-order valence-corrected chi connectivity index (χ0v) is 16.9.